The van der Waals surface area contributed by atoms with Crippen LogP contribution in [0.1, 0.15) is 15.9 Å². The minimum Gasteiger partial charge on any atom is -0.398 e. The highest BCUT2D eigenvalue weighted by Gasteiger charge is 2.20. The molecule has 0 aliphatic rings. The number of halogens is 3. The molecule has 0 radical (unpaired) electrons. The second kappa shape index (κ2) is 4.52. The third-order valence-corrected chi connectivity index (χ3v) is 2.45. The van der Waals surface area contributed by atoms with Crippen molar-refractivity contribution in [2.45, 2.75) is 0 Å². The van der Waals surface area contributed by atoms with Gasteiger partial charge in [0, 0.05) is 11.3 Å². The summed E-state index contributed by atoms with van der Waals surface area (Å²) in [6, 6.07) is 6.11. The summed E-state index contributed by atoms with van der Waals surface area (Å²) in [7, 11) is 0. The minimum absolute atomic E-state index is 0.0379. The molecule has 0 aliphatic carbocycles. The molecule has 0 bridgehead atoms. The summed E-state index contributed by atoms with van der Waals surface area (Å²) in [6.45, 7) is 0. The van der Waals surface area contributed by atoms with Gasteiger partial charge in [0.1, 0.15) is 17.5 Å². The maximum atomic E-state index is 13.4. The lowest BCUT2D eigenvalue weighted by Crippen LogP contribution is -2.10. The van der Waals surface area contributed by atoms with Crippen molar-refractivity contribution in [3.8, 4) is 0 Å². The molecule has 0 heterocycles. The van der Waals surface area contributed by atoms with Gasteiger partial charge in [-0.1, -0.05) is 6.07 Å². The average molecular weight is 251 g/mol. The van der Waals surface area contributed by atoms with Gasteiger partial charge in [-0.2, -0.15) is 0 Å². The summed E-state index contributed by atoms with van der Waals surface area (Å²) < 4.78 is 39.9. The van der Waals surface area contributed by atoms with Gasteiger partial charge in [-0.05, 0) is 30.3 Å². The molecule has 0 atom stereocenters. The van der Waals surface area contributed by atoms with Crippen LogP contribution < -0.4 is 5.73 Å². The van der Waals surface area contributed by atoms with Crippen molar-refractivity contribution in [2.75, 3.05) is 5.73 Å². The van der Waals surface area contributed by atoms with Crippen LogP contribution in [-0.4, -0.2) is 5.78 Å². The third-order valence-electron chi connectivity index (χ3n) is 2.45. The maximum absolute atomic E-state index is 13.4. The van der Waals surface area contributed by atoms with E-state index in [-0.39, 0.29) is 11.3 Å². The number of carbonyl (C=O) groups excluding carboxylic acids is 1. The zero-order valence-electron chi connectivity index (χ0n) is 9.08. The molecule has 92 valence electrons. The van der Waals surface area contributed by atoms with E-state index >= 15 is 0 Å². The monoisotopic (exact) mass is 251 g/mol. The first-order valence-corrected chi connectivity index (χ1v) is 5.04. The summed E-state index contributed by atoms with van der Waals surface area (Å²) in [5.41, 5.74) is 4.45. The Kier molecular flexibility index (Phi) is 3.06. The Hall–Kier alpha value is -2.30. The van der Waals surface area contributed by atoms with E-state index in [4.69, 9.17) is 5.73 Å². The van der Waals surface area contributed by atoms with Crippen LogP contribution in [0.25, 0.3) is 0 Å². The van der Waals surface area contributed by atoms with E-state index < -0.39 is 28.8 Å². The predicted octanol–water partition coefficient (Wildman–Crippen LogP) is 2.92. The van der Waals surface area contributed by atoms with E-state index in [1.165, 1.54) is 6.07 Å². The molecule has 0 aliphatic heterocycles. The zero-order chi connectivity index (χ0) is 13.3. The molecule has 5 heteroatoms. The van der Waals surface area contributed by atoms with Crippen molar-refractivity contribution < 1.29 is 18.0 Å². The van der Waals surface area contributed by atoms with Crippen LogP contribution >= 0.6 is 0 Å². The Labute approximate surface area is 101 Å². The van der Waals surface area contributed by atoms with Gasteiger partial charge in [-0.3, -0.25) is 4.79 Å². The van der Waals surface area contributed by atoms with Gasteiger partial charge in [0.05, 0.1) is 5.56 Å². The molecule has 0 saturated carbocycles. The fourth-order valence-corrected chi connectivity index (χ4v) is 1.57. The Morgan fingerprint density at radius 2 is 1.61 bits per heavy atom. The topological polar surface area (TPSA) is 43.1 Å². The molecule has 2 rings (SSSR count). The first kappa shape index (κ1) is 12.2. The molecule has 0 spiro atoms. The lowest BCUT2D eigenvalue weighted by atomic mass is 10.0. The first-order valence-electron chi connectivity index (χ1n) is 5.04. The van der Waals surface area contributed by atoms with Crippen molar-refractivity contribution in [3.63, 3.8) is 0 Å². The van der Waals surface area contributed by atoms with Gasteiger partial charge in [0.2, 0.25) is 5.78 Å². The molecule has 0 aromatic heterocycles. The van der Waals surface area contributed by atoms with Crippen molar-refractivity contribution in [3.05, 3.63) is 65.0 Å². The van der Waals surface area contributed by atoms with E-state index in [0.29, 0.717) is 0 Å². The van der Waals surface area contributed by atoms with Gasteiger partial charge < -0.3 is 5.73 Å². The molecule has 0 fully saturated rings. The van der Waals surface area contributed by atoms with Crippen LogP contribution in [0.5, 0.6) is 0 Å². The molecule has 0 saturated heterocycles. The molecule has 0 unspecified atom stereocenters. The molecule has 0 amide bonds. The summed E-state index contributed by atoms with van der Waals surface area (Å²) in [5.74, 6) is -3.71. The molecular formula is C13H8F3NO. The SMILES string of the molecule is Nc1ccc(F)cc1C(=O)c1c(F)cccc1F. The number of benzene rings is 2. The fraction of sp³-hybridized carbons (Fsp3) is 0. The van der Waals surface area contributed by atoms with Gasteiger partial charge in [-0.15, -0.1) is 0 Å². The Balaban J connectivity index is 2.58. The molecule has 18 heavy (non-hydrogen) atoms. The van der Waals surface area contributed by atoms with Crippen LogP contribution in [0.4, 0.5) is 18.9 Å². The highest BCUT2D eigenvalue weighted by molar-refractivity contribution is 6.12. The second-order valence-corrected chi connectivity index (χ2v) is 3.66. The normalized spacial score (nSPS) is 10.4. The highest BCUT2D eigenvalue weighted by atomic mass is 19.1. The van der Waals surface area contributed by atoms with Gasteiger partial charge in [0.25, 0.3) is 0 Å². The van der Waals surface area contributed by atoms with Crippen LogP contribution in [0.15, 0.2) is 36.4 Å². The van der Waals surface area contributed by atoms with Crippen molar-refractivity contribution in [1.82, 2.24) is 0 Å². The Morgan fingerprint density at radius 1 is 1.00 bits per heavy atom. The lowest BCUT2D eigenvalue weighted by molar-refractivity contribution is 0.103. The number of ketones is 1. The first-order chi connectivity index (χ1) is 8.50. The maximum Gasteiger partial charge on any atom is 0.201 e. The van der Waals surface area contributed by atoms with Crippen LogP contribution in [0.3, 0.4) is 0 Å². The van der Waals surface area contributed by atoms with Crippen molar-refractivity contribution in [2.24, 2.45) is 0 Å². The number of anilines is 1. The number of hydrogen-bond donors (Lipinski definition) is 1. The van der Waals surface area contributed by atoms with E-state index in [1.807, 2.05) is 0 Å². The summed E-state index contributed by atoms with van der Waals surface area (Å²) in [6.07, 6.45) is 0. The van der Waals surface area contributed by atoms with Crippen LogP contribution in [0, 0.1) is 17.5 Å². The largest absolute Gasteiger partial charge is 0.398 e. The molecule has 2 nitrogen and oxygen atoms in total. The van der Waals surface area contributed by atoms with E-state index in [0.717, 1.165) is 30.3 Å². The molecule has 2 aromatic carbocycles. The standard InChI is InChI=1S/C13H8F3NO/c14-7-4-5-11(17)8(6-7)13(18)12-9(15)2-1-3-10(12)16/h1-6H,17H2. The highest BCUT2D eigenvalue weighted by Crippen LogP contribution is 2.21. The van der Waals surface area contributed by atoms with Crippen molar-refractivity contribution >= 4 is 11.5 Å². The molecule has 2 N–H and O–H groups in total. The summed E-state index contributed by atoms with van der Waals surface area (Å²) in [4.78, 5) is 11.9. The number of nitrogens with two attached hydrogens (primary N) is 1. The Bertz CT molecular complexity index is 605. The number of hydrogen-bond acceptors (Lipinski definition) is 2. The summed E-state index contributed by atoms with van der Waals surface area (Å²) in [5, 5.41) is 0. The average Bonchev–Trinajstić information content (AvgIpc) is 2.32. The minimum atomic E-state index is -1.01. The second-order valence-electron chi connectivity index (χ2n) is 3.66. The van der Waals surface area contributed by atoms with Gasteiger partial charge in [0.15, 0.2) is 0 Å². The quantitative estimate of drug-likeness (QED) is 0.658. The van der Waals surface area contributed by atoms with Crippen molar-refractivity contribution in [1.29, 1.82) is 0 Å². The van der Waals surface area contributed by atoms with E-state index in [1.54, 1.807) is 0 Å². The van der Waals surface area contributed by atoms with Crippen LogP contribution in [-0.2, 0) is 0 Å². The number of rotatable bonds is 2. The predicted molar refractivity (Wildman–Crippen MR) is 60.6 cm³/mol. The smallest absolute Gasteiger partial charge is 0.201 e. The molecule has 2 aromatic rings. The summed E-state index contributed by atoms with van der Waals surface area (Å²) >= 11 is 0. The van der Waals surface area contributed by atoms with Gasteiger partial charge >= 0.3 is 0 Å². The van der Waals surface area contributed by atoms with Crippen LogP contribution in [0.2, 0.25) is 0 Å². The van der Waals surface area contributed by atoms with Gasteiger partial charge in [-0.25, -0.2) is 13.2 Å². The fourth-order valence-electron chi connectivity index (χ4n) is 1.57. The molecular weight excluding hydrogens is 243 g/mol. The zero-order valence-corrected chi connectivity index (χ0v) is 9.08. The number of nitrogen functional groups attached to an aromatic ring is 1. The number of carbonyl (C=O) groups is 1. The lowest BCUT2D eigenvalue weighted by Gasteiger charge is -2.06. The Morgan fingerprint density at radius 3 is 2.22 bits per heavy atom. The third kappa shape index (κ3) is 2.07. The van der Waals surface area contributed by atoms with E-state index in [2.05, 4.69) is 0 Å². The van der Waals surface area contributed by atoms with E-state index in [9.17, 15) is 18.0 Å².